The highest BCUT2D eigenvalue weighted by atomic mass is 16.5. The summed E-state index contributed by atoms with van der Waals surface area (Å²) < 4.78 is 11.3. The number of methoxy groups -OCH3 is 2. The van der Waals surface area contributed by atoms with Gasteiger partial charge >= 0.3 is 0 Å². The number of fused-ring (bicyclic) bond motifs is 1. The van der Waals surface area contributed by atoms with Crippen molar-refractivity contribution in [2.45, 2.75) is 90.6 Å². The Labute approximate surface area is 337 Å². The lowest BCUT2D eigenvalue weighted by Crippen LogP contribution is -2.31. The van der Waals surface area contributed by atoms with Gasteiger partial charge in [0.1, 0.15) is 17.4 Å². The molecule has 1 aliphatic rings. The minimum Gasteiger partial charge on any atom is -0.504 e. The molecule has 1 aromatic heterocycles. The Morgan fingerprint density at radius 3 is 2.40 bits per heavy atom. The topological polar surface area (TPSA) is 124 Å². The Hall–Kier alpha value is -5.47. The number of hydrogen-bond acceptors (Lipinski definition) is 7. The molecule has 4 N–H and O–H groups in total. The number of ketones is 1. The zero-order chi connectivity index (χ0) is 40.3. The number of aromatic amines is 1. The molecule has 5 aromatic rings. The molecular formula is C49H57N2O6+. The third-order valence-electron chi connectivity index (χ3n) is 11.5. The van der Waals surface area contributed by atoms with Crippen molar-refractivity contribution >= 4 is 22.8 Å². The standard InChI is InChI=1S/C49H56N2O6/c1-5-7-8-12-40-25-34(31-51-40)24-38(22-32-14-18-44(52)48(26-32)56-3)46(54)29-47(55)39(23-33-20-21-50-30-33)27-37-17-19-45(53)49(57-4)43(37)28-42-35(6-2)15-16-36-11-9-10-13-41(36)42/h9-11,13-21,25-26,30-31,38-39,47,50,55H,5-8,12,22-24,27-29H2,1-4H3,(H-,52,53)/p+1/t38-,39-,47-/m1/s1. The van der Waals surface area contributed by atoms with Crippen LogP contribution in [0.2, 0.25) is 0 Å². The SMILES string of the molecule is CCCCC[C+]1C=C(C[C@@H](Cc2ccc(O)c(OC)c2)C(=O)C[C@@H](O)[C@H](Cc2cc[nH]c2)Cc2ccc(O)c(OC)c2Cc2c(CC)ccc3ccccc23)C=N1. The van der Waals surface area contributed by atoms with Gasteiger partial charge in [-0.25, -0.2) is 0 Å². The molecular weight excluding hydrogens is 713 g/mol. The highest BCUT2D eigenvalue weighted by molar-refractivity contribution is 5.88. The molecule has 0 saturated heterocycles. The van der Waals surface area contributed by atoms with E-state index in [1.165, 1.54) is 18.2 Å². The van der Waals surface area contributed by atoms with Crippen molar-refractivity contribution in [1.82, 2.24) is 4.98 Å². The van der Waals surface area contributed by atoms with E-state index in [1.807, 2.05) is 42.9 Å². The Kier molecular flexibility index (Phi) is 14.2. The number of aryl methyl sites for hydroxylation is 1. The molecule has 0 unspecified atom stereocenters. The molecule has 0 aliphatic carbocycles. The fourth-order valence-electron chi connectivity index (χ4n) is 8.30. The van der Waals surface area contributed by atoms with Crippen LogP contribution in [0.3, 0.4) is 0 Å². The number of aliphatic imine (C=N–C) groups is 1. The Morgan fingerprint density at radius 2 is 1.65 bits per heavy atom. The molecule has 57 heavy (non-hydrogen) atoms. The van der Waals surface area contributed by atoms with Gasteiger partial charge in [0, 0.05) is 49.6 Å². The largest absolute Gasteiger partial charge is 0.504 e. The van der Waals surface area contributed by atoms with E-state index in [2.05, 4.69) is 60.2 Å². The zero-order valence-corrected chi connectivity index (χ0v) is 33.8. The highest BCUT2D eigenvalue weighted by Gasteiger charge is 2.32. The smallest absolute Gasteiger partial charge is 0.176 e. The fourth-order valence-corrected chi connectivity index (χ4v) is 8.30. The van der Waals surface area contributed by atoms with Crippen molar-refractivity contribution in [1.29, 1.82) is 0 Å². The lowest BCUT2D eigenvalue weighted by molar-refractivity contribution is -0.125. The number of nitrogens with zero attached hydrogens (tertiary/aromatic N) is 1. The number of carbonyl (C=O) groups excluding carboxylic acids is 1. The van der Waals surface area contributed by atoms with Crippen molar-refractivity contribution in [3.8, 4) is 23.0 Å². The van der Waals surface area contributed by atoms with Crippen LogP contribution in [0, 0.1) is 17.9 Å². The van der Waals surface area contributed by atoms with Crippen molar-refractivity contribution < 1.29 is 29.6 Å². The van der Waals surface area contributed by atoms with Crippen LogP contribution < -0.4 is 9.47 Å². The quantitative estimate of drug-likeness (QED) is 0.0435. The van der Waals surface area contributed by atoms with Crippen LogP contribution in [0.15, 0.2) is 102 Å². The number of rotatable bonds is 21. The summed E-state index contributed by atoms with van der Waals surface area (Å²) >= 11 is 0. The van der Waals surface area contributed by atoms with Gasteiger partial charge in [-0.3, -0.25) is 4.79 Å². The number of aliphatic hydroxyl groups is 1. The summed E-state index contributed by atoms with van der Waals surface area (Å²) in [6, 6.07) is 24.5. The third-order valence-corrected chi connectivity index (χ3v) is 11.5. The van der Waals surface area contributed by atoms with Gasteiger partial charge in [-0.2, -0.15) is 0 Å². The molecule has 8 heteroatoms. The maximum Gasteiger partial charge on any atom is 0.176 e. The number of unbranched alkanes of at least 4 members (excludes halogenated alkanes) is 2. The van der Waals surface area contributed by atoms with E-state index in [0.717, 1.165) is 76.7 Å². The highest BCUT2D eigenvalue weighted by Crippen LogP contribution is 2.39. The first-order valence-electron chi connectivity index (χ1n) is 20.4. The van der Waals surface area contributed by atoms with Gasteiger partial charge in [0.25, 0.3) is 0 Å². The molecule has 2 heterocycles. The zero-order valence-electron chi connectivity index (χ0n) is 33.8. The molecule has 0 radical (unpaired) electrons. The van der Waals surface area contributed by atoms with Crippen LogP contribution in [-0.4, -0.2) is 52.6 Å². The first-order valence-corrected chi connectivity index (χ1v) is 20.4. The average molecular weight is 770 g/mol. The van der Waals surface area contributed by atoms with Gasteiger partial charge in [-0.15, -0.1) is 4.99 Å². The van der Waals surface area contributed by atoms with Gasteiger partial charge in [0.2, 0.25) is 0 Å². The summed E-state index contributed by atoms with van der Waals surface area (Å²) in [6.07, 6.45) is 14.4. The second-order valence-corrected chi connectivity index (χ2v) is 15.4. The minimum absolute atomic E-state index is 0.0275. The molecule has 0 saturated carbocycles. The summed E-state index contributed by atoms with van der Waals surface area (Å²) in [4.78, 5) is 22.3. The number of Topliss-reactive ketones (excluding diaryl/α,β-unsaturated/α-hetero) is 1. The molecule has 8 nitrogen and oxygen atoms in total. The molecule has 0 fully saturated rings. The average Bonchev–Trinajstić information content (AvgIpc) is 3.91. The van der Waals surface area contributed by atoms with Gasteiger partial charge in [-0.1, -0.05) is 75.2 Å². The Morgan fingerprint density at radius 1 is 0.842 bits per heavy atom. The molecule has 0 bridgehead atoms. The normalized spacial score (nSPS) is 14.1. The number of phenols is 2. The Balaban J connectivity index is 1.30. The van der Waals surface area contributed by atoms with Crippen LogP contribution in [0.1, 0.15) is 85.8 Å². The molecule has 3 atom stereocenters. The number of carbonyl (C=O) groups is 1. The van der Waals surface area contributed by atoms with Crippen LogP contribution in [-0.2, 0) is 36.9 Å². The van der Waals surface area contributed by atoms with Crippen molar-refractivity contribution in [3.63, 3.8) is 0 Å². The summed E-state index contributed by atoms with van der Waals surface area (Å²) in [5.74, 6) is 0.101. The van der Waals surface area contributed by atoms with Crippen LogP contribution >= 0.6 is 0 Å². The second-order valence-electron chi connectivity index (χ2n) is 15.4. The second kappa shape index (κ2) is 19.6. The van der Waals surface area contributed by atoms with E-state index in [1.54, 1.807) is 25.3 Å². The number of phenolic OH excluding ortho intramolecular Hbond substituents is 2. The summed E-state index contributed by atoms with van der Waals surface area (Å²) in [5.41, 5.74) is 7.14. The third kappa shape index (κ3) is 10.3. The summed E-state index contributed by atoms with van der Waals surface area (Å²) in [7, 11) is 3.09. The summed E-state index contributed by atoms with van der Waals surface area (Å²) in [5, 5.41) is 35.8. The van der Waals surface area contributed by atoms with Crippen LogP contribution in [0.4, 0.5) is 0 Å². The maximum absolute atomic E-state index is 14.5. The van der Waals surface area contributed by atoms with Crippen LogP contribution in [0.5, 0.6) is 23.0 Å². The van der Waals surface area contributed by atoms with Crippen molar-refractivity contribution in [3.05, 3.63) is 136 Å². The number of H-pyrrole nitrogens is 1. The molecule has 6 rings (SSSR count). The molecule has 298 valence electrons. The first kappa shape index (κ1) is 41.2. The van der Waals surface area contributed by atoms with E-state index >= 15 is 0 Å². The number of hydrogen-bond donors (Lipinski definition) is 4. The molecule has 0 spiro atoms. The number of allylic oxidation sites excluding steroid dienone is 1. The summed E-state index contributed by atoms with van der Waals surface area (Å²) in [6.45, 7) is 4.34. The maximum atomic E-state index is 14.5. The Bertz CT molecular complexity index is 2170. The van der Waals surface area contributed by atoms with E-state index in [-0.39, 0.29) is 29.6 Å². The van der Waals surface area contributed by atoms with E-state index in [9.17, 15) is 20.1 Å². The molecule has 1 aliphatic heterocycles. The van der Waals surface area contributed by atoms with Gasteiger partial charge in [0.15, 0.2) is 29.2 Å². The van der Waals surface area contributed by atoms with Gasteiger partial charge < -0.3 is 29.8 Å². The predicted molar refractivity (Wildman–Crippen MR) is 229 cm³/mol. The van der Waals surface area contributed by atoms with E-state index in [0.29, 0.717) is 43.6 Å². The number of benzene rings is 4. The minimum atomic E-state index is -0.956. The van der Waals surface area contributed by atoms with Gasteiger partial charge in [-0.05, 0) is 101 Å². The molecule has 4 aromatic carbocycles. The lowest BCUT2D eigenvalue weighted by Gasteiger charge is -2.26. The number of aromatic nitrogens is 1. The van der Waals surface area contributed by atoms with E-state index in [4.69, 9.17) is 9.47 Å². The lowest BCUT2D eigenvalue weighted by atomic mass is 9.81. The van der Waals surface area contributed by atoms with E-state index < -0.39 is 12.0 Å². The van der Waals surface area contributed by atoms with Crippen molar-refractivity contribution in [2.24, 2.45) is 16.8 Å². The number of aliphatic hydroxyl groups excluding tert-OH is 1. The monoisotopic (exact) mass is 769 g/mol. The van der Waals surface area contributed by atoms with Crippen LogP contribution in [0.25, 0.3) is 10.8 Å². The van der Waals surface area contributed by atoms with Crippen molar-refractivity contribution in [2.75, 3.05) is 14.2 Å². The number of aromatic hydroxyl groups is 2. The molecule has 0 amide bonds. The van der Waals surface area contributed by atoms with Gasteiger partial charge in [0.05, 0.1) is 26.4 Å². The first-order chi connectivity index (χ1) is 27.7. The predicted octanol–water partition coefficient (Wildman–Crippen LogP) is 9.84. The number of ether oxygens (including phenoxy) is 2. The number of nitrogens with one attached hydrogen (secondary N) is 1. The fraction of sp³-hybridized carbons (Fsp3) is 0.367.